The fraction of sp³-hybridized carbons (Fsp3) is 0.379. The van der Waals surface area contributed by atoms with Crippen molar-refractivity contribution in [1.82, 2.24) is 5.32 Å². The second-order valence-corrected chi connectivity index (χ2v) is 12.7. The number of amides is 1. The molecule has 35 heavy (non-hydrogen) atoms. The van der Waals surface area contributed by atoms with Crippen LogP contribution in [0.2, 0.25) is 0 Å². The average Bonchev–Trinajstić information content (AvgIpc) is 3.21. The second kappa shape index (κ2) is 11.4. The fourth-order valence-electron chi connectivity index (χ4n) is 4.12. The van der Waals surface area contributed by atoms with Crippen LogP contribution in [0.15, 0.2) is 53.4 Å². The average molecular weight is 510 g/mol. The minimum Gasteiger partial charge on any atom is -0.481 e. The van der Waals surface area contributed by atoms with E-state index >= 15 is 0 Å². The van der Waals surface area contributed by atoms with E-state index in [9.17, 15) is 9.59 Å². The van der Waals surface area contributed by atoms with E-state index in [0.717, 1.165) is 11.3 Å². The first-order valence-electron chi connectivity index (χ1n) is 11.9. The standard InChI is InChI=1S/C29H35NO3S2/c1-18-15-24(16-19(2)27(18)21-7-9-22(10-8-21)29(4,5)6)34-20(3)17-23-11-12-25(35-23)28(33)30-14-13-26(31)32/h7-12,15-16,20H,13-14,17H2,1-6H3,(H,30,33)(H,31,32). The predicted molar refractivity (Wildman–Crippen MR) is 148 cm³/mol. The zero-order valence-electron chi connectivity index (χ0n) is 21.4. The highest BCUT2D eigenvalue weighted by molar-refractivity contribution is 8.00. The number of rotatable bonds is 9. The lowest BCUT2D eigenvalue weighted by atomic mass is 9.85. The molecule has 3 rings (SSSR count). The van der Waals surface area contributed by atoms with Gasteiger partial charge in [0.05, 0.1) is 11.3 Å². The molecule has 0 aliphatic carbocycles. The van der Waals surface area contributed by atoms with Gasteiger partial charge in [-0.05, 0) is 77.8 Å². The summed E-state index contributed by atoms with van der Waals surface area (Å²) in [5, 5.41) is 11.7. The molecule has 3 aromatic rings. The molecule has 1 aromatic heterocycles. The molecule has 1 amide bonds. The summed E-state index contributed by atoms with van der Waals surface area (Å²) in [6.07, 6.45) is 0.795. The van der Waals surface area contributed by atoms with E-state index in [1.807, 2.05) is 23.9 Å². The number of hydrogen-bond acceptors (Lipinski definition) is 4. The maximum atomic E-state index is 12.2. The van der Waals surface area contributed by atoms with Crippen LogP contribution in [0.5, 0.6) is 0 Å². The SMILES string of the molecule is Cc1cc(SC(C)Cc2ccc(C(=O)NCCC(=O)O)s2)cc(C)c1-c1ccc(C(C)(C)C)cc1. The summed E-state index contributed by atoms with van der Waals surface area (Å²) < 4.78 is 0. The number of aliphatic carboxylic acids is 1. The lowest BCUT2D eigenvalue weighted by molar-refractivity contribution is -0.136. The molecule has 0 saturated carbocycles. The van der Waals surface area contributed by atoms with Crippen LogP contribution < -0.4 is 5.32 Å². The molecular weight excluding hydrogens is 474 g/mol. The molecule has 0 radical (unpaired) electrons. The highest BCUT2D eigenvalue weighted by Crippen LogP contribution is 2.35. The first kappa shape index (κ1) is 27.0. The van der Waals surface area contributed by atoms with Gasteiger partial charge in [0.15, 0.2) is 0 Å². The van der Waals surface area contributed by atoms with Crippen molar-refractivity contribution in [1.29, 1.82) is 0 Å². The molecule has 1 unspecified atom stereocenters. The van der Waals surface area contributed by atoms with Crippen molar-refractivity contribution in [3.63, 3.8) is 0 Å². The summed E-state index contributed by atoms with van der Waals surface area (Å²) in [6.45, 7) is 13.4. The molecular formula is C29H35NO3S2. The van der Waals surface area contributed by atoms with Crippen LogP contribution in [0.25, 0.3) is 11.1 Å². The number of thiophene rings is 1. The van der Waals surface area contributed by atoms with E-state index < -0.39 is 5.97 Å². The Labute approximate surface area is 217 Å². The quantitative estimate of drug-likeness (QED) is 0.298. The maximum absolute atomic E-state index is 12.2. The molecule has 1 heterocycles. The van der Waals surface area contributed by atoms with Gasteiger partial charge in [-0.15, -0.1) is 23.1 Å². The van der Waals surface area contributed by atoms with Gasteiger partial charge in [-0.1, -0.05) is 52.0 Å². The summed E-state index contributed by atoms with van der Waals surface area (Å²) >= 11 is 3.33. The van der Waals surface area contributed by atoms with Gasteiger partial charge in [0, 0.05) is 21.6 Å². The predicted octanol–water partition coefficient (Wildman–Crippen LogP) is 7.26. The summed E-state index contributed by atoms with van der Waals surface area (Å²) in [5.41, 5.74) is 6.60. The van der Waals surface area contributed by atoms with Crippen molar-refractivity contribution in [2.24, 2.45) is 0 Å². The fourth-order valence-corrected chi connectivity index (χ4v) is 6.50. The van der Waals surface area contributed by atoms with Crippen LogP contribution in [0.3, 0.4) is 0 Å². The molecule has 0 fully saturated rings. The van der Waals surface area contributed by atoms with Crippen molar-refractivity contribution in [2.45, 2.75) is 69.9 Å². The van der Waals surface area contributed by atoms with Gasteiger partial charge in [-0.3, -0.25) is 9.59 Å². The van der Waals surface area contributed by atoms with Crippen molar-refractivity contribution in [3.8, 4) is 11.1 Å². The van der Waals surface area contributed by atoms with Crippen molar-refractivity contribution >= 4 is 35.0 Å². The number of carbonyl (C=O) groups excluding carboxylic acids is 1. The van der Waals surface area contributed by atoms with E-state index in [2.05, 4.69) is 83.3 Å². The van der Waals surface area contributed by atoms with E-state index in [4.69, 9.17) is 5.11 Å². The van der Waals surface area contributed by atoms with Crippen LogP contribution in [-0.2, 0) is 16.6 Å². The lowest BCUT2D eigenvalue weighted by Gasteiger charge is -2.20. The smallest absolute Gasteiger partial charge is 0.305 e. The lowest BCUT2D eigenvalue weighted by Crippen LogP contribution is -2.25. The van der Waals surface area contributed by atoms with Crippen LogP contribution in [-0.4, -0.2) is 28.8 Å². The molecule has 0 aliphatic rings. The zero-order chi connectivity index (χ0) is 25.8. The van der Waals surface area contributed by atoms with Gasteiger partial charge in [0.2, 0.25) is 0 Å². The Morgan fingerprint density at radius 1 is 1.03 bits per heavy atom. The molecule has 6 heteroatoms. The van der Waals surface area contributed by atoms with E-state index in [1.54, 1.807) is 0 Å². The Balaban J connectivity index is 1.64. The molecule has 0 saturated heterocycles. The molecule has 0 spiro atoms. The van der Waals surface area contributed by atoms with Gasteiger partial charge in [-0.2, -0.15) is 0 Å². The van der Waals surface area contributed by atoms with Crippen LogP contribution >= 0.6 is 23.1 Å². The number of carboxylic acids is 1. The third-order valence-electron chi connectivity index (χ3n) is 5.88. The normalized spacial score (nSPS) is 12.4. The third kappa shape index (κ3) is 7.45. The number of benzene rings is 2. The topological polar surface area (TPSA) is 66.4 Å². The van der Waals surface area contributed by atoms with Crippen LogP contribution in [0.1, 0.15) is 65.4 Å². The van der Waals surface area contributed by atoms with E-state index in [-0.39, 0.29) is 24.3 Å². The van der Waals surface area contributed by atoms with Crippen LogP contribution in [0.4, 0.5) is 0 Å². The van der Waals surface area contributed by atoms with E-state index in [0.29, 0.717) is 10.1 Å². The summed E-state index contributed by atoms with van der Waals surface area (Å²) in [7, 11) is 0. The summed E-state index contributed by atoms with van der Waals surface area (Å²) in [6, 6.07) is 17.3. The number of thioether (sulfide) groups is 1. The first-order chi connectivity index (χ1) is 16.4. The minimum absolute atomic E-state index is 0.0719. The molecule has 2 aromatic carbocycles. The number of nitrogens with one attached hydrogen (secondary N) is 1. The minimum atomic E-state index is -0.917. The molecule has 2 N–H and O–H groups in total. The van der Waals surface area contributed by atoms with Gasteiger partial charge in [0.1, 0.15) is 0 Å². The second-order valence-electron chi connectivity index (χ2n) is 10.1. The van der Waals surface area contributed by atoms with E-state index in [1.165, 1.54) is 44.0 Å². The molecule has 0 aliphatic heterocycles. The molecule has 0 bridgehead atoms. The number of carboxylic acid groups (broad SMARTS) is 1. The number of aryl methyl sites for hydroxylation is 2. The zero-order valence-corrected chi connectivity index (χ0v) is 23.0. The Hall–Kier alpha value is -2.57. The molecule has 1 atom stereocenters. The van der Waals surface area contributed by atoms with Gasteiger partial charge in [0.25, 0.3) is 5.91 Å². The Kier molecular flexibility index (Phi) is 8.84. The Morgan fingerprint density at radius 2 is 1.66 bits per heavy atom. The van der Waals surface area contributed by atoms with Gasteiger partial charge < -0.3 is 10.4 Å². The van der Waals surface area contributed by atoms with Crippen LogP contribution in [0, 0.1) is 13.8 Å². The van der Waals surface area contributed by atoms with Gasteiger partial charge in [-0.25, -0.2) is 0 Å². The molecule has 4 nitrogen and oxygen atoms in total. The highest BCUT2D eigenvalue weighted by Gasteiger charge is 2.16. The Bertz CT molecular complexity index is 1170. The third-order valence-corrected chi connectivity index (χ3v) is 8.06. The summed E-state index contributed by atoms with van der Waals surface area (Å²) in [4.78, 5) is 25.9. The van der Waals surface area contributed by atoms with Crippen molar-refractivity contribution in [2.75, 3.05) is 6.54 Å². The van der Waals surface area contributed by atoms with Gasteiger partial charge >= 0.3 is 5.97 Å². The number of hydrogen-bond donors (Lipinski definition) is 2. The summed E-state index contributed by atoms with van der Waals surface area (Å²) in [5.74, 6) is -1.12. The van der Waals surface area contributed by atoms with Crippen molar-refractivity contribution in [3.05, 3.63) is 75.0 Å². The first-order valence-corrected chi connectivity index (χ1v) is 13.6. The monoisotopic (exact) mass is 509 g/mol. The van der Waals surface area contributed by atoms with Crippen molar-refractivity contribution < 1.29 is 14.7 Å². The highest BCUT2D eigenvalue weighted by atomic mass is 32.2. The maximum Gasteiger partial charge on any atom is 0.305 e. The number of carbonyl (C=O) groups is 2. The Morgan fingerprint density at radius 3 is 2.23 bits per heavy atom. The molecule has 186 valence electrons. The largest absolute Gasteiger partial charge is 0.481 e.